The van der Waals surface area contributed by atoms with Crippen LogP contribution in [0.2, 0.25) is 5.02 Å². The van der Waals surface area contributed by atoms with E-state index >= 15 is 0 Å². The van der Waals surface area contributed by atoms with Crippen molar-refractivity contribution in [3.8, 4) is 0 Å². The summed E-state index contributed by atoms with van der Waals surface area (Å²) >= 11 is 5.90. The van der Waals surface area contributed by atoms with Crippen molar-refractivity contribution < 1.29 is 4.42 Å². The number of para-hydroxylation sites is 2. The minimum absolute atomic E-state index is 0.175. The molecule has 1 heterocycles. The van der Waals surface area contributed by atoms with Crippen LogP contribution in [0.25, 0.3) is 11.1 Å². The van der Waals surface area contributed by atoms with Crippen LogP contribution in [-0.2, 0) is 7.05 Å². The molecule has 106 valence electrons. The molecule has 2 aromatic carbocycles. The summed E-state index contributed by atoms with van der Waals surface area (Å²) < 4.78 is 6.93. The van der Waals surface area contributed by atoms with Gasteiger partial charge in [0.1, 0.15) is 0 Å². The summed E-state index contributed by atoms with van der Waals surface area (Å²) in [7, 11) is 1.76. The van der Waals surface area contributed by atoms with E-state index in [0.717, 1.165) is 5.52 Å². The van der Waals surface area contributed by atoms with Crippen LogP contribution in [-0.4, -0.2) is 4.57 Å². The second kappa shape index (κ2) is 5.46. The van der Waals surface area contributed by atoms with Gasteiger partial charge in [0.25, 0.3) is 0 Å². The Morgan fingerprint density at radius 1 is 1.19 bits per heavy atom. The van der Waals surface area contributed by atoms with Crippen LogP contribution < -0.4 is 16.5 Å². The number of hydrogen-bond acceptors (Lipinski definition) is 4. The molecule has 0 aliphatic carbocycles. The Balaban J connectivity index is 2.12. The zero-order chi connectivity index (χ0) is 14.8. The molecule has 0 spiro atoms. The van der Waals surface area contributed by atoms with Crippen molar-refractivity contribution in [2.24, 2.45) is 12.1 Å². The van der Waals surface area contributed by atoms with Crippen LogP contribution in [0.4, 0.5) is 5.69 Å². The summed E-state index contributed by atoms with van der Waals surface area (Å²) in [5.41, 5.74) is 4.47. The average Bonchev–Trinajstić information content (AvgIpc) is 2.47. The van der Waals surface area contributed by atoms with Gasteiger partial charge in [-0.1, -0.05) is 29.8 Å². The van der Waals surface area contributed by atoms with Gasteiger partial charge in [-0.05, 0) is 30.3 Å². The molecule has 5 nitrogen and oxygen atoms in total. The topological polar surface area (TPSA) is 59.5 Å². The predicted molar refractivity (Wildman–Crippen MR) is 82.1 cm³/mol. The van der Waals surface area contributed by atoms with E-state index in [4.69, 9.17) is 16.0 Å². The number of fused-ring (bicyclic) bond motifs is 1. The molecule has 21 heavy (non-hydrogen) atoms. The molecule has 0 unspecified atom stereocenters. The van der Waals surface area contributed by atoms with E-state index in [2.05, 4.69) is 10.5 Å². The molecule has 1 aromatic heterocycles. The second-order valence-electron chi connectivity index (χ2n) is 4.47. The lowest BCUT2D eigenvalue weighted by Crippen LogP contribution is -2.34. The first-order valence-electron chi connectivity index (χ1n) is 6.29. The van der Waals surface area contributed by atoms with Gasteiger partial charge in [-0.2, -0.15) is 0 Å². The van der Waals surface area contributed by atoms with Crippen molar-refractivity contribution in [1.82, 2.24) is 4.57 Å². The standard InChI is InChI=1S/C15H12ClN3O2/c1-19-12-7-2-3-8-13(12)21-15(20)14(19)18-17-11-6-4-5-10(16)9-11/h2-9,17H,1H3/b18-14+. The number of nitrogens with zero attached hydrogens (tertiary/aromatic N) is 2. The smallest absolute Gasteiger partial charge is 0.381 e. The molecule has 6 heteroatoms. The van der Waals surface area contributed by atoms with Crippen LogP contribution in [0.5, 0.6) is 0 Å². The normalized spacial score (nSPS) is 11.8. The molecule has 0 fully saturated rings. The Labute approximate surface area is 125 Å². The van der Waals surface area contributed by atoms with Crippen molar-refractivity contribution >= 4 is 28.4 Å². The number of aryl methyl sites for hydroxylation is 1. The molecule has 0 saturated carbocycles. The maximum Gasteiger partial charge on any atom is 0.381 e. The second-order valence-corrected chi connectivity index (χ2v) is 4.91. The van der Waals surface area contributed by atoms with Crippen LogP contribution in [0.1, 0.15) is 0 Å². The maximum absolute atomic E-state index is 12.0. The van der Waals surface area contributed by atoms with E-state index in [1.54, 1.807) is 41.9 Å². The number of hydrogen-bond donors (Lipinski definition) is 1. The largest absolute Gasteiger partial charge is 0.418 e. The quantitative estimate of drug-likeness (QED) is 0.740. The summed E-state index contributed by atoms with van der Waals surface area (Å²) in [5.74, 6) is 0. The first kappa shape index (κ1) is 13.5. The lowest BCUT2D eigenvalue weighted by atomic mass is 10.3. The SMILES string of the molecule is Cn1/c(=N/Nc2cccc(Cl)c2)c(=O)oc2ccccc21. The highest BCUT2D eigenvalue weighted by atomic mass is 35.5. The Morgan fingerprint density at radius 3 is 2.81 bits per heavy atom. The highest BCUT2D eigenvalue weighted by Crippen LogP contribution is 2.14. The third kappa shape index (κ3) is 2.68. The Bertz CT molecular complexity index is 928. The van der Waals surface area contributed by atoms with Crippen LogP contribution in [0.3, 0.4) is 0 Å². The van der Waals surface area contributed by atoms with E-state index < -0.39 is 5.63 Å². The lowest BCUT2D eigenvalue weighted by Gasteiger charge is -2.05. The minimum atomic E-state index is -0.509. The van der Waals surface area contributed by atoms with Gasteiger partial charge < -0.3 is 8.98 Å². The molecule has 0 saturated heterocycles. The summed E-state index contributed by atoms with van der Waals surface area (Å²) in [6, 6.07) is 14.4. The van der Waals surface area contributed by atoms with Gasteiger partial charge in [-0.3, -0.25) is 5.43 Å². The molecule has 0 aliphatic rings. The molecule has 0 bridgehead atoms. The van der Waals surface area contributed by atoms with Gasteiger partial charge in [-0.25, -0.2) is 4.79 Å². The van der Waals surface area contributed by atoms with Crippen molar-refractivity contribution in [3.05, 3.63) is 69.5 Å². The minimum Gasteiger partial charge on any atom is -0.418 e. The van der Waals surface area contributed by atoms with Gasteiger partial charge in [0.05, 0.1) is 11.2 Å². The first-order chi connectivity index (χ1) is 10.1. The van der Waals surface area contributed by atoms with Gasteiger partial charge in [0.15, 0.2) is 5.58 Å². The molecular formula is C15H12ClN3O2. The molecule has 0 atom stereocenters. The van der Waals surface area contributed by atoms with Crippen LogP contribution in [0, 0.1) is 0 Å². The fourth-order valence-electron chi connectivity index (χ4n) is 2.01. The number of nitrogens with one attached hydrogen (secondary N) is 1. The number of benzene rings is 2. The molecular weight excluding hydrogens is 290 g/mol. The molecule has 0 aliphatic heterocycles. The Morgan fingerprint density at radius 2 is 2.00 bits per heavy atom. The van der Waals surface area contributed by atoms with Gasteiger partial charge >= 0.3 is 5.63 Å². The van der Waals surface area contributed by atoms with Crippen molar-refractivity contribution in [2.45, 2.75) is 0 Å². The fraction of sp³-hybridized carbons (Fsp3) is 0.0667. The molecule has 3 rings (SSSR count). The number of anilines is 1. The monoisotopic (exact) mass is 301 g/mol. The third-order valence-corrected chi connectivity index (χ3v) is 3.28. The van der Waals surface area contributed by atoms with Gasteiger partial charge in [-0.15, -0.1) is 5.10 Å². The summed E-state index contributed by atoms with van der Waals surface area (Å²) in [5, 5.41) is 4.70. The van der Waals surface area contributed by atoms with Crippen molar-refractivity contribution in [1.29, 1.82) is 0 Å². The highest BCUT2D eigenvalue weighted by molar-refractivity contribution is 6.30. The van der Waals surface area contributed by atoms with Crippen molar-refractivity contribution in [2.75, 3.05) is 5.43 Å². The van der Waals surface area contributed by atoms with Gasteiger partial charge in [0, 0.05) is 12.1 Å². The van der Waals surface area contributed by atoms with Crippen molar-refractivity contribution in [3.63, 3.8) is 0 Å². The number of halogens is 1. The maximum atomic E-state index is 12.0. The molecule has 3 aromatic rings. The number of rotatable bonds is 2. The number of aromatic nitrogens is 1. The average molecular weight is 302 g/mol. The van der Waals surface area contributed by atoms with E-state index in [9.17, 15) is 4.79 Å². The van der Waals surface area contributed by atoms with E-state index in [1.165, 1.54) is 0 Å². The molecule has 0 amide bonds. The lowest BCUT2D eigenvalue weighted by molar-refractivity contribution is 0.527. The van der Waals surface area contributed by atoms with Gasteiger partial charge in [0.2, 0.25) is 5.49 Å². The Hall–Kier alpha value is -2.53. The summed E-state index contributed by atoms with van der Waals surface area (Å²) in [6.07, 6.45) is 0. The third-order valence-electron chi connectivity index (χ3n) is 3.05. The summed E-state index contributed by atoms with van der Waals surface area (Å²) in [4.78, 5) is 12.0. The molecule has 1 N–H and O–H groups in total. The van der Waals surface area contributed by atoms with E-state index in [0.29, 0.717) is 16.3 Å². The Kier molecular flexibility index (Phi) is 3.50. The van der Waals surface area contributed by atoms with Crippen LogP contribution >= 0.6 is 11.6 Å². The first-order valence-corrected chi connectivity index (χ1v) is 6.67. The summed E-state index contributed by atoms with van der Waals surface area (Å²) in [6.45, 7) is 0. The van der Waals surface area contributed by atoms with E-state index in [1.807, 2.05) is 18.2 Å². The fourth-order valence-corrected chi connectivity index (χ4v) is 2.20. The predicted octanol–water partition coefficient (Wildman–Crippen LogP) is 2.71. The zero-order valence-electron chi connectivity index (χ0n) is 11.2. The molecule has 0 radical (unpaired) electrons. The van der Waals surface area contributed by atoms with E-state index in [-0.39, 0.29) is 5.49 Å². The zero-order valence-corrected chi connectivity index (χ0v) is 12.0. The highest BCUT2D eigenvalue weighted by Gasteiger charge is 2.04. The van der Waals surface area contributed by atoms with Crippen LogP contribution in [0.15, 0.2) is 62.8 Å².